The second-order valence-electron chi connectivity index (χ2n) is 3.97. The molecule has 0 radical (unpaired) electrons. The zero-order valence-electron chi connectivity index (χ0n) is 10.1. The first-order valence-electron chi connectivity index (χ1n) is 5.55. The second-order valence-corrected chi connectivity index (χ2v) is 5.84. The van der Waals surface area contributed by atoms with E-state index in [9.17, 15) is 0 Å². The van der Waals surface area contributed by atoms with Gasteiger partial charge >= 0.3 is 0 Å². The molecule has 0 aliphatic heterocycles. The smallest absolute Gasteiger partial charge is 0.106 e. The number of hydrogen-bond donors (Lipinski definition) is 1. The summed E-state index contributed by atoms with van der Waals surface area (Å²) in [6, 6.07) is 4.19. The maximum absolute atomic E-state index is 6.17. The van der Waals surface area contributed by atoms with Crippen LogP contribution in [0.15, 0.2) is 17.6 Å². The Kier molecular flexibility index (Phi) is 4.12. The highest BCUT2D eigenvalue weighted by molar-refractivity contribution is 7.98. The highest BCUT2D eigenvalue weighted by Crippen LogP contribution is 2.31. The van der Waals surface area contributed by atoms with Crippen molar-refractivity contribution in [3.05, 3.63) is 17.6 Å². The molecule has 0 aliphatic rings. The van der Waals surface area contributed by atoms with Crippen molar-refractivity contribution in [1.82, 2.24) is 4.98 Å². The highest BCUT2D eigenvalue weighted by Gasteiger charge is 2.10. The van der Waals surface area contributed by atoms with Crippen LogP contribution in [0.2, 0.25) is 0 Å². The van der Waals surface area contributed by atoms with E-state index >= 15 is 0 Å². The van der Waals surface area contributed by atoms with Gasteiger partial charge in [0.1, 0.15) is 5.52 Å². The van der Waals surface area contributed by atoms with E-state index in [-0.39, 0.29) is 0 Å². The van der Waals surface area contributed by atoms with Crippen LogP contribution in [0.25, 0.3) is 10.2 Å². The van der Waals surface area contributed by atoms with Gasteiger partial charge in [0.25, 0.3) is 0 Å². The number of thiazole rings is 1. The zero-order chi connectivity index (χ0) is 12.3. The molecule has 0 aliphatic carbocycles. The van der Waals surface area contributed by atoms with Gasteiger partial charge in [-0.25, -0.2) is 4.98 Å². The van der Waals surface area contributed by atoms with Gasteiger partial charge in [-0.15, -0.1) is 11.3 Å². The molecular weight excluding hydrogens is 250 g/mol. The normalized spacial score (nSPS) is 10.9. The molecule has 5 heteroatoms. The molecule has 1 aromatic heterocycles. The van der Waals surface area contributed by atoms with Gasteiger partial charge in [0.05, 0.1) is 21.6 Å². The Morgan fingerprint density at radius 2 is 2.29 bits per heavy atom. The molecule has 0 bridgehead atoms. The van der Waals surface area contributed by atoms with Crippen molar-refractivity contribution >= 4 is 44.7 Å². The molecule has 0 amide bonds. The molecule has 0 atom stereocenters. The van der Waals surface area contributed by atoms with Crippen molar-refractivity contribution in [2.45, 2.75) is 6.42 Å². The number of benzene rings is 1. The summed E-state index contributed by atoms with van der Waals surface area (Å²) >= 11 is 3.51. The molecule has 2 aromatic rings. The van der Waals surface area contributed by atoms with Crippen LogP contribution in [-0.2, 0) is 0 Å². The Morgan fingerprint density at radius 1 is 1.47 bits per heavy atom. The summed E-state index contributed by atoms with van der Waals surface area (Å²) < 4.78 is 1.16. The molecule has 17 heavy (non-hydrogen) atoms. The van der Waals surface area contributed by atoms with Crippen molar-refractivity contribution in [3.8, 4) is 0 Å². The summed E-state index contributed by atoms with van der Waals surface area (Å²) in [7, 11) is 2.09. The predicted octanol–water partition coefficient (Wildman–Crippen LogP) is 3.07. The molecule has 0 saturated heterocycles. The summed E-state index contributed by atoms with van der Waals surface area (Å²) in [6.07, 6.45) is 3.31. The molecular formula is C12H17N3S2. The molecule has 0 fully saturated rings. The van der Waals surface area contributed by atoms with Crippen LogP contribution >= 0.6 is 23.1 Å². The zero-order valence-corrected chi connectivity index (χ0v) is 11.8. The minimum atomic E-state index is 0.801. The molecule has 3 nitrogen and oxygen atoms in total. The number of anilines is 2. The Bertz CT molecular complexity index is 495. The number of fused-ring (bicyclic) bond motifs is 1. The van der Waals surface area contributed by atoms with E-state index in [0.717, 1.165) is 28.1 Å². The first kappa shape index (κ1) is 12.5. The monoisotopic (exact) mass is 267 g/mol. The third kappa shape index (κ3) is 2.66. The third-order valence-electron chi connectivity index (χ3n) is 2.77. The van der Waals surface area contributed by atoms with Crippen LogP contribution in [0.5, 0.6) is 0 Å². The van der Waals surface area contributed by atoms with Gasteiger partial charge in [-0.1, -0.05) is 0 Å². The Morgan fingerprint density at radius 3 is 3.06 bits per heavy atom. The molecule has 0 unspecified atom stereocenters. The van der Waals surface area contributed by atoms with Gasteiger partial charge in [0, 0.05) is 13.6 Å². The van der Waals surface area contributed by atoms with Crippen LogP contribution in [0, 0.1) is 0 Å². The number of hydrogen-bond acceptors (Lipinski definition) is 5. The second kappa shape index (κ2) is 5.60. The maximum atomic E-state index is 6.17. The summed E-state index contributed by atoms with van der Waals surface area (Å²) in [6.45, 7) is 1.03. The van der Waals surface area contributed by atoms with Crippen LogP contribution in [0.4, 0.5) is 11.4 Å². The van der Waals surface area contributed by atoms with E-state index in [2.05, 4.69) is 35.3 Å². The summed E-state index contributed by atoms with van der Waals surface area (Å²) in [5.74, 6) is 1.18. The van der Waals surface area contributed by atoms with E-state index in [1.807, 2.05) is 17.3 Å². The average molecular weight is 267 g/mol. The number of nitrogens with two attached hydrogens (primary N) is 1. The minimum Gasteiger partial charge on any atom is -0.395 e. The molecule has 1 heterocycles. The van der Waals surface area contributed by atoms with E-state index in [4.69, 9.17) is 5.73 Å². The largest absolute Gasteiger partial charge is 0.395 e. The fourth-order valence-corrected chi connectivity index (χ4v) is 2.95. The Hall–Kier alpha value is -0.940. The summed E-state index contributed by atoms with van der Waals surface area (Å²) in [4.78, 5) is 6.53. The van der Waals surface area contributed by atoms with Crippen molar-refractivity contribution in [3.63, 3.8) is 0 Å². The average Bonchev–Trinajstić information content (AvgIpc) is 2.78. The van der Waals surface area contributed by atoms with Crippen molar-refractivity contribution in [2.24, 2.45) is 0 Å². The first-order chi connectivity index (χ1) is 8.24. The number of nitrogens with zero attached hydrogens (tertiary/aromatic N) is 2. The van der Waals surface area contributed by atoms with Gasteiger partial charge in [-0.3, -0.25) is 0 Å². The molecule has 0 saturated carbocycles. The highest BCUT2D eigenvalue weighted by atomic mass is 32.2. The lowest BCUT2D eigenvalue weighted by Crippen LogP contribution is -2.20. The standard InChI is InChI=1S/C12H17N3S2/c1-15(6-3-7-16-2)9-4-5-10-12(11(9)13)14-8-17-10/h4-5,8H,3,6-7,13H2,1-2H3. The lowest BCUT2D eigenvalue weighted by Gasteiger charge is -2.21. The van der Waals surface area contributed by atoms with Crippen LogP contribution in [0.3, 0.4) is 0 Å². The van der Waals surface area contributed by atoms with E-state index in [0.29, 0.717) is 0 Å². The Balaban J connectivity index is 2.19. The first-order valence-corrected chi connectivity index (χ1v) is 7.83. The van der Waals surface area contributed by atoms with Crippen molar-refractivity contribution < 1.29 is 0 Å². The fraction of sp³-hybridized carbons (Fsp3) is 0.417. The molecule has 0 spiro atoms. The minimum absolute atomic E-state index is 0.801. The van der Waals surface area contributed by atoms with Gasteiger partial charge < -0.3 is 10.6 Å². The van der Waals surface area contributed by atoms with Crippen molar-refractivity contribution in [2.75, 3.05) is 36.2 Å². The third-order valence-corrected chi connectivity index (χ3v) is 4.26. The number of aromatic nitrogens is 1. The summed E-state index contributed by atoms with van der Waals surface area (Å²) in [5.41, 5.74) is 10.8. The van der Waals surface area contributed by atoms with E-state index in [1.54, 1.807) is 11.3 Å². The molecule has 1 aromatic carbocycles. The number of rotatable bonds is 5. The van der Waals surface area contributed by atoms with E-state index in [1.165, 1.54) is 12.2 Å². The number of thioether (sulfide) groups is 1. The van der Waals surface area contributed by atoms with Gasteiger partial charge in [-0.2, -0.15) is 11.8 Å². The quantitative estimate of drug-likeness (QED) is 0.668. The van der Waals surface area contributed by atoms with Gasteiger partial charge in [0.2, 0.25) is 0 Å². The fourth-order valence-electron chi connectivity index (χ4n) is 1.84. The Labute approximate surface area is 110 Å². The molecule has 2 rings (SSSR count). The SMILES string of the molecule is CSCCCN(C)c1ccc2scnc2c1N. The molecule has 2 N–H and O–H groups in total. The van der Waals surface area contributed by atoms with Crippen LogP contribution < -0.4 is 10.6 Å². The van der Waals surface area contributed by atoms with Gasteiger partial charge in [-0.05, 0) is 30.6 Å². The van der Waals surface area contributed by atoms with Crippen LogP contribution in [0.1, 0.15) is 6.42 Å². The maximum Gasteiger partial charge on any atom is 0.106 e. The van der Waals surface area contributed by atoms with E-state index < -0.39 is 0 Å². The topological polar surface area (TPSA) is 42.2 Å². The number of nitrogen functional groups attached to an aromatic ring is 1. The summed E-state index contributed by atoms with van der Waals surface area (Å²) in [5, 5.41) is 0. The van der Waals surface area contributed by atoms with Crippen molar-refractivity contribution in [1.29, 1.82) is 0 Å². The molecule has 92 valence electrons. The van der Waals surface area contributed by atoms with Gasteiger partial charge in [0.15, 0.2) is 0 Å². The predicted molar refractivity (Wildman–Crippen MR) is 80.3 cm³/mol. The lowest BCUT2D eigenvalue weighted by molar-refractivity contribution is 0.862. The lowest BCUT2D eigenvalue weighted by atomic mass is 10.2. The van der Waals surface area contributed by atoms with Crippen LogP contribution in [-0.4, -0.2) is 30.6 Å².